The molecule has 1 aliphatic heterocycles. The lowest BCUT2D eigenvalue weighted by molar-refractivity contribution is 0.174. The fourth-order valence-electron chi connectivity index (χ4n) is 3.01. The largest absolute Gasteiger partial charge is 0.454 e. The monoisotopic (exact) mass is 471 g/mol. The zero-order valence-electron chi connectivity index (χ0n) is 15.9. The molecule has 0 atom stereocenters. The first kappa shape index (κ1) is 20.3. The van der Waals surface area contributed by atoms with Crippen LogP contribution in [0.4, 0.5) is 0 Å². The van der Waals surface area contributed by atoms with Crippen LogP contribution in [0, 0.1) is 13.8 Å². The molecule has 0 radical (unpaired) electrons. The van der Waals surface area contributed by atoms with Gasteiger partial charge in [0.15, 0.2) is 17.5 Å². The minimum Gasteiger partial charge on any atom is -0.454 e. The number of hydrogen-bond acceptors (Lipinski definition) is 4. The van der Waals surface area contributed by atoms with Crippen molar-refractivity contribution in [2.75, 3.05) is 20.9 Å². The topological polar surface area (TPSA) is 63.9 Å². The summed E-state index contributed by atoms with van der Waals surface area (Å²) in [7, 11) is 5.77. The number of rotatable bonds is 4. The lowest BCUT2D eigenvalue weighted by Gasteiger charge is -2.22. The number of guanidine groups is 1. The molecule has 0 saturated carbocycles. The number of aliphatic imine (C=N–C) groups is 1. The minimum absolute atomic E-state index is 0. The van der Waals surface area contributed by atoms with Crippen LogP contribution in [0.15, 0.2) is 23.2 Å². The van der Waals surface area contributed by atoms with Crippen LogP contribution in [0.3, 0.4) is 0 Å². The van der Waals surface area contributed by atoms with Crippen molar-refractivity contribution in [1.82, 2.24) is 20.0 Å². The van der Waals surface area contributed by atoms with E-state index in [1.165, 1.54) is 11.3 Å². The maximum absolute atomic E-state index is 5.45. The average molecular weight is 471 g/mol. The number of aromatic nitrogens is 2. The Kier molecular flexibility index (Phi) is 6.74. The maximum atomic E-state index is 5.45. The summed E-state index contributed by atoms with van der Waals surface area (Å²) < 4.78 is 12.7. The van der Waals surface area contributed by atoms with Crippen LogP contribution >= 0.6 is 24.0 Å². The van der Waals surface area contributed by atoms with E-state index in [1.54, 1.807) is 7.05 Å². The molecule has 142 valence electrons. The normalized spacial score (nSPS) is 12.7. The molecule has 0 bridgehead atoms. The summed E-state index contributed by atoms with van der Waals surface area (Å²) in [6.45, 7) is 5.83. The van der Waals surface area contributed by atoms with Crippen molar-refractivity contribution in [3.8, 4) is 11.5 Å². The Morgan fingerprint density at radius 3 is 2.69 bits per heavy atom. The number of aryl methyl sites for hydroxylation is 2. The van der Waals surface area contributed by atoms with Crippen molar-refractivity contribution >= 4 is 29.9 Å². The number of hydrogen-bond donors (Lipinski definition) is 1. The maximum Gasteiger partial charge on any atom is 0.231 e. The smallest absolute Gasteiger partial charge is 0.231 e. The molecule has 1 aromatic heterocycles. The summed E-state index contributed by atoms with van der Waals surface area (Å²) in [6.07, 6.45) is 0. The quantitative estimate of drug-likeness (QED) is 0.422. The second-order valence-corrected chi connectivity index (χ2v) is 6.22. The third kappa shape index (κ3) is 4.22. The van der Waals surface area contributed by atoms with Crippen molar-refractivity contribution in [2.45, 2.75) is 26.9 Å². The molecule has 26 heavy (non-hydrogen) atoms. The Bertz CT molecular complexity index is 803. The predicted octanol–water partition coefficient (Wildman–Crippen LogP) is 2.59. The van der Waals surface area contributed by atoms with Crippen molar-refractivity contribution in [3.63, 3.8) is 0 Å². The third-order valence-electron chi connectivity index (χ3n) is 4.51. The third-order valence-corrected chi connectivity index (χ3v) is 4.51. The van der Waals surface area contributed by atoms with E-state index in [-0.39, 0.29) is 24.0 Å². The predicted molar refractivity (Wildman–Crippen MR) is 112 cm³/mol. The van der Waals surface area contributed by atoms with E-state index in [9.17, 15) is 0 Å². The molecule has 3 rings (SSSR count). The van der Waals surface area contributed by atoms with Crippen LogP contribution in [0.1, 0.15) is 22.5 Å². The average Bonchev–Trinajstić information content (AvgIpc) is 3.14. The van der Waals surface area contributed by atoms with Crippen LogP contribution in [0.25, 0.3) is 0 Å². The van der Waals surface area contributed by atoms with E-state index in [1.807, 2.05) is 43.9 Å². The molecule has 0 fully saturated rings. The van der Waals surface area contributed by atoms with Crippen molar-refractivity contribution in [1.29, 1.82) is 0 Å². The van der Waals surface area contributed by atoms with Crippen molar-refractivity contribution in [3.05, 3.63) is 40.7 Å². The molecular weight excluding hydrogens is 445 g/mol. The lowest BCUT2D eigenvalue weighted by Crippen LogP contribution is -2.38. The summed E-state index contributed by atoms with van der Waals surface area (Å²) in [5.41, 5.74) is 4.56. The molecule has 0 spiro atoms. The molecule has 0 aliphatic carbocycles. The number of fused-ring (bicyclic) bond motifs is 1. The first-order valence-electron chi connectivity index (χ1n) is 8.29. The molecule has 2 aromatic rings. The fraction of sp³-hybridized carbons (Fsp3) is 0.444. The van der Waals surface area contributed by atoms with E-state index in [0.29, 0.717) is 13.3 Å². The fourth-order valence-corrected chi connectivity index (χ4v) is 3.01. The van der Waals surface area contributed by atoms with Crippen LogP contribution in [0.5, 0.6) is 11.5 Å². The van der Waals surface area contributed by atoms with Crippen LogP contribution < -0.4 is 14.8 Å². The molecule has 1 N–H and O–H groups in total. The molecule has 0 saturated heterocycles. The molecule has 2 heterocycles. The number of nitrogens with one attached hydrogen (secondary N) is 1. The number of halogens is 1. The van der Waals surface area contributed by atoms with Gasteiger partial charge >= 0.3 is 0 Å². The second kappa shape index (κ2) is 8.61. The highest BCUT2D eigenvalue weighted by Crippen LogP contribution is 2.32. The molecular formula is C18H26IN5O2. The first-order chi connectivity index (χ1) is 12.0. The van der Waals surface area contributed by atoms with Gasteiger partial charge in [-0.3, -0.25) is 9.67 Å². The zero-order chi connectivity index (χ0) is 18.0. The molecule has 0 amide bonds. The lowest BCUT2D eigenvalue weighted by atomic mass is 10.2. The molecule has 1 aromatic carbocycles. The number of benzene rings is 1. The molecule has 0 unspecified atom stereocenters. The van der Waals surface area contributed by atoms with Gasteiger partial charge in [-0.1, -0.05) is 6.07 Å². The first-order valence-corrected chi connectivity index (χ1v) is 8.29. The van der Waals surface area contributed by atoms with Gasteiger partial charge in [0.2, 0.25) is 6.79 Å². The summed E-state index contributed by atoms with van der Waals surface area (Å²) in [4.78, 5) is 6.47. The molecule has 1 aliphatic rings. The van der Waals surface area contributed by atoms with E-state index >= 15 is 0 Å². The van der Waals surface area contributed by atoms with Gasteiger partial charge in [-0.15, -0.1) is 24.0 Å². The highest BCUT2D eigenvalue weighted by Gasteiger charge is 2.15. The number of ether oxygens (including phenoxy) is 2. The minimum atomic E-state index is 0. The zero-order valence-corrected chi connectivity index (χ0v) is 18.2. The molecule has 7 nitrogen and oxygen atoms in total. The summed E-state index contributed by atoms with van der Waals surface area (Å²) >= 11 is 0. The summed E-state index contributed by atoms with van der Waals surface area (Å²) in [5.74, 6) is 2.44. The van der Waals surface area contributed by atoms with E-state index in [2.05, 4.69) is 27.2 Å². The van der Waals surface area contributed by atoms with Gasteiger partial charge in [-0.05, 0) is 31.5 Å². The SMILES string of the molecule is CN=C(NCc1c(C)nn(C)c1C)N(C)Cc1ccc2c(c1)OCO2.I. The van der Waals surface area contributed by atoms with Crippen molar-refractivity contribution < 1.29 is 9.47 Å². The summed E-state index contributed by atoms with van der Waals surface area (Å²) in [5, 5.41) is 7.88. The van der Waals surface area contributed by atoms with Gasteiger partial charge in [-0.2, -0.15) is 5.10 Å². The van der Waals surface area contributed by atoms with E-state index in [0.717, 1.165) is 35.3 Å². The Balaban J connectivity index is 0.00000243. The van der Waals surface area contributed by atoms with Gasteiger partial charge in [0.05, 0.1) is 5.69 Å². The Hall–Kier alpha value is -1.97. The van der Waals surface area contributed by atoms with Crippen molar-refractivity contribution in [2.24, 2.45) is 12.0 Å². The Morgan fingerprint density at radius 2 is 2.04 bits per heavy atom. The standard InChI is InChI=1S/C18H25N5O2.HI/c1-12-15(13(2)23(5)21-12)9-20-18(19-3)22(4)10-14-6-7-16-17(8-14)25-11-24-16;/h6-8H,9-11H2,1-5H3,(H,19,20);1H. The second-order valence-electron chi connectivity index (χ2n) is 6.22. The molecule has 8 heteroatoms. The van der Waals surface area contributed by atoms with Gasteiger partial charge in [0, 0.05) is 45.5 Å². The highest BCUT2D eigenvalue weighted by atomic mass is 127. The Morgan fingerprint density at radius 1 is 1.31 bits per heavy atom. The van der Waals surface area contributed by atoms with Crippen LogP contribution in [-0.2, 0) is 20.1 Å². The van der Waals surface area contributed by atoms with Gasteiger partial charge < -0.3 is 19.7 Å². The van der Waals surface area contributed by atoms with Gasteiger partial charge in [0.1, 0.15) is 0 Å². The number of nitrogens with zero attached hydrogens (tertiary/aromatic N) is 4. The highest BCUT2D eigenvalue weighted by molar-refractivity contribution is 14.0. The van der Waals surface area contributed by atoms with E-state index < -0.39 is 0 Å². The van der Waals surface area contributed by atoms with Gasteiger partial charge in [-0.25, -0.2) is 0 Å². The van der Waals surface area contributed by atoms with E-state index in [4.69, 9.17) is 9.47 Å². The summed E-state index contributed by atoms with van der Waals surface area (Å²) in [6, 6.07) is 6.01. The van der Waals surface area contributed by atoms with Gasteiger partial charge in [0.25, 0.3) is 0 Å². The Labute approximate surface area is 171 Å². The van der Waals surface area contributed by atoms with Crippen LogP contribution in [-0.4, -0.2) is 41.5 Å². The van der Waals surface area contributed by atoms with Crippen LogP contribution in [0.2, 0.25) is 0 Å².